The highest BCUT2D eigenvalue weighted by molar-refractivity contribution is 5.94. The molecule has 1 amide bonds. The van der Waals surface area contributed by atoms with Crippen LogP contribution in [0.5, 0.6) is 11.5 Å². The predicted molar refractivity (Wildman–Crippen MR) is 104 cm³/mol. The molecule has 0 bridgehead atoms. The average Bonchev–Trinajstić information content (AvgIpc) is 2.72. The Morgan fingerprint density at radius 1 is 1.17 bits per heavy atom. The molecule has 2 aromatic carbocycles. The number of alkyl halides is 2. The zero-order valence-corrected chi connectivity index (χ0v) is 15.9. The molecule has 0 radical (unpaired) electrons. The smallest absolute Gasteiger partial charge is 0.387 e. The van der Waals surface area contributed by atoms with E-state index in [1.807, 2.05) is 6.07 Å². The second-order valence-electron chi connectivity index (χ2n) is 5.81. The second-order valence-corrected chi connectivity index (χ2v) is 5.81. The molecule has 0 atom stereocenters. The molecule has 0 aromatic heterocycles. The molecule has 30 heavy (non-hydrogen) atoms. The Morgan fingerprint density at radius 2 is 1.90 bits per heavy atom. The van der Waals surface area contributed by atoms with Crippen molar-refractivity contribution in [3.63, 3.8) is 0 Å². The van der Waals surface area contributed by atoms with Crippen molar-refractivity contribution >= 4 is 23.6 Å². The van der Waals surface area contributed by atoms with Crippen LogP contribution in [0.3, 0.4) is 0 Å². The molecule has 0 aliphatic carbocycles. The van der Waals surface area contributed by atoms with Crippen molar-refractivity contribution in [3.05, 3.63) is 59.7 Å². The van der Waals surface area contributed by atoms with Crippen molar-refractivity contribution in [2.75, 3.05) is 19.0 Å². The molecule has 0 heterocycles. The number of carbonyl (C=O) groups is 2. The molecule has 0 saturated carbocycles. The van der Waals surface area contributed by atoms with E-state index in [-0.39, 0.29) is 17.9 Å². The fourth-order valence-corrected chi connectivity index (χ4v) is 2.32. The van der Waals surface area contributed by atoms with Gasteiger partial charge >= 0.3 is 12.6 Å². The number of nitriles is 1. The van der Waals surface area contributed by atoms with Crippen LogP contribution in [0, 0.1) is 11.3 Å². The minimum atomic E-state index is -2.99. The van der Waals surface area contributed by atoms with Crippen molar-refractivity contribution < 1.29 is 32.6 Å². The molecular formula is C21H18F2N2O5. The third-order valence-electron chi connectivity index (χ3n) is 3.68. The van der Waals surface area contributed by atoms with E-state index in [1.165, 1.54) is 31.4 Å². The van der Waals surface area contributed by atoms with Crippen LogP contribution in [0.4, 0.5) is 14.5 Å². The zero-order chi connectivity index (χ0) is 21.9. The van der Waals surface area contributed by atoms with Gasteiger partial charge in [0.05, 0.1) is 19.6 Å². The number of hydrogen-bond donors (Lipinski definition) is 1. The Kier molecular flexibility index (Phi) is 8.32. The number of methoxy groups -OCH3 is 1. The van der Waals surface area contributed by atoms with Crippen molar-refractivity contribution in [1.82, 2.24) is 0 Å². The van der Waals surface area contributed by atoms with Crippen LogP contribution in [0.15, 0.2) is 48.5 Å². The fourth-order valence-electron chi connectivity index (χ4n) is 2.32. The highest BCUT2D eigenvalue weighted by atomic mass is 19.3. The van der Waals surface area contributed by atoms with Crippen molar-refractivity contribution in [1.29, 1.82) is 5.26 Å². The van der Waals surface area contributed by atoms with E-state index in [2.05, 4.69) is 10.1 Å². The zero-order valence-electron chi connectivity index (χ0n) is 15.9. The molecule has 7 nitrogen and oxygen atoms in total. The third-order valence-corrected chi connectivity index (χ3v) is 3.68. The number of benzene rings is 2. The Bertz CT molecular complexity index is 953. The lowest BCUT2D eigenvalue weighted by Crippen LogP contribution is -2.20. The molecule has 1 N–H and O–H groups in total. The number of hydrogen-bond acceptors (Lipinski definition) is 6. The summed E-state index contributed by atoms with van der Waals surface area (Å²) in [6, 6.07) is 12.9. The predicted octanol–water partition coefficient (Wildman–Crippen LogP) is 3.56. The highest BCUT2D eigenvalue weighted by Crippen LogP contribution is 2.29. The van der Waals surface area contributed by atoms with E-state index in [1.54, 1.807) is 24.3 Å². The van der Waals surface area contributed by atoms with Crippen LogP contribution in [0.1, 0.15) is 11.1 Å². The van der Waals surface area contributed by atoms with Gasteiger partial charge in [0, 0.05) is 11.8 Å². The van der Waals surface area contributed by atoms with Gasteiger partial charge < -0.3 is 19.5 Å². The number of halogens is 2. The molecule has 0 spiro atoms. The Labute approximate surface area is 171 Å². The first-order valence-electron chi connectivity index (χ1n) is 8.64. The lowest BCUT2D eigenvalue weighted by molar-refractivity contribution is -0.142. The summed E-state index contributed by atoms with van der Waals surface area (Å²) in [5, 5.41) is 11.2. The van der Waals surface area contributed by atoms with Crippen LogP contribution in [0.25, 0.3) is 6.08 Å². The number of amides is 1. The van der Waals surface area contributed by atoms with Gasteiger partial charge in [0.2, 0.25) is 0 Å². The molecule has 0 fully saturated rings. The van der Waals surface area contributed by atoms with Crippen molar-refractivity contribution in [3.8, 4) is 17.6 Å². The second kappa shape index (κ2) is 11.2. The van der Waals surface area contributed by atoms with Gasteiger partial charge in [0.1, 0.15) is 0 Å². The summed E-state index contributed by atoms with van der Waals surface area (Å²) in [7, 11) is 1.30. The van der Waals surface area contributed by atoms with Crippen LogP contribution < -0.4 is 14.8 Å². The number of ether oxygens (including phenoxy) is 3. The highest BCUT2D eigenvalue weighted by Gasteiger charge is 2.11. The standard InChI is InChI=1S/C21H18F2N2O5/c1-28-18-12-15(4-8-17(18)30-21(22)23)5-9-20(27)29-13-19(26)25-16-6-2-14(3-7-16)10-11-24/h2-9,12,21H,10,13H2,1H3,(H,25,26)/b9-5+. The van der Waals surface area contributed by atoms with Gasteiger partial charge in [-0.05, 0) is 41.5 Å². The van der Waals surface area contributed by atoms with Crippen LogP contribution in [-0.2, 0) is 20.7 Å². The third kappa shape index (κ3) is 7.24. The summed E-state index contributed by atoms with van der Waals surface area (Å²) < 4.78 is 38.8. The molecule has 156 valence electrons. The van der Waals surface area contributed by atoms with E-state index < -0.39 is 25.1 Å². The van der Waals surface area contributed by atoms with Crippen LogP contribution in [0.2, 0.25) is 0 Å². The maximum Gasteiger partial charge on any atom is 0.387 e. The Morgan fingerprint density at radius 3 is 2.53 bits per heavy atom. The van der Waals surface area contributed by atoms with Gasteiger partial charge in [0.25, 0.3) is 5.91 Å². The largest absolute Gasteiger partial charge is 0.493 e. The minimum absolute atomic E-state index is 0.0750. The number of carbonyl (C=O) groups excluding carboxylic acids is 2. The lowest BCUT2D eigenvalue weighted by atomic mass is 10.1. The molecule has 0 unspecified atom stereocenters. The quantitative estimate of drug-likeness (QED) is 0.496. The summed E-state index contributed by atoms with van der Waals surface area (Å²) in [6.45, 7) is -3.48. The van der Waals surface area contributed by atoms with Crippen molar-refractivity contribution in [2.24, 2.45) is 0 Å². The molecule has 2 rings (SSSR count). The normalized spacial score (nSPS) is 10.5. The fraction of sp³-hybridized carbons (Fsp3) is 0.190. The molecule has 2 aromatic rings. The van der Waals surface area contributed by atoms with E-state index >= 15 is 0 Å². The van der Waals surface area contributed by atoms with Crippen LogP contribution in [-0.4, -0.2) is 32.2 Å². The monoisotopic (exact) mass is 416 g/mol. The number of anilines is 1. The van der Waals surface area contributed by atoms with Gasteiger partial charge in [0.15, 0.2) is 18.1 Å². The number of nitrogens with zero attached hydrogens (tertiary/aromatic N) is 1. The number of rotatable bonds is 9. The van der Waals surface area contributed by atoms with E-state index in [9.17, 15) is 18.4 Å². The molecule has 9 heteroatoms. The Hall–Kier alpha value is -3.93. The van der Waals surface area contributed by atoms with Gasteiger partial charge in [-0.3, -0.25) is 4.79 Å². The van der Waals surface area contributed by atoms with Gasteiger partial charge in [-0.2, -0.15) is 14.0 Å². The Balaban J connectivity index is 1.85. The first kappa shape index (κ1) is 22.4. The van der Waals surface area contributed by atoms with Crippen LogP contribution >= 0.6 is 0 Å². The summed E-state index contributed by atoms with van der Waals surface area (Å²) in [4.78, 5) is 23.6. The maximum absolute atomic E-state index is 12.3. The van der Waals surface area contributed by atoms with Crippen molar-refractivity contribution in [2.45, 2.75) is 13.0 Å². The molecule has 0 saturated heterocycles. The van der Waals surface area contributed by atoms with Gasteiger partial charge in [-0.25, -0.2) is 4.79 Å². The molecular weight excluding hydrogens is 398 g/mol. The van der Waals surface area contributed by atoms with E-state index in [0.29, 0.717) is 11.3 Å². The first-order chi connectivity index (χ1) is 14.4. The number of nitrogens with one attached hydrogen (secondary N) is 1. The summed E-state index contributed by atoms with van der Waals surface area (Å²) in [6.07, 6.45) is 2.74. The summed E-state index contributed by atoms with van der Waals surface area (Å²) in [5.74, 6) is -1.35. The first-order valence-corrected chi connectivity index (χ1v) is 8.64. The van der Waals surface area contributed by atoms with Gasteiger partial charge in [-0.15, -0.1) is 0 Å². The van der Waals surface area contributed by atoms with E-state index in [4.69, 9.17) is 14.7 Å². The van der Waals surface area contributed by atoms with E-state index in [0.717, 1.165) is 11.6 Å². The summed E-state index contributed by atoms with van der Waals surface area (Å²) in [5.41, 5.74) is 1.80. The SMILES string of the molecule is COc1cc(/C=C/C(=O)OCC(=O)Nc2ccc(CC#N)cc2)ccc1OC(F)F. The summed E-state index contributed by atoms with van der Waals surface area (Å²) >= 11 is 0. The number of esters is 1. The minimum Gasteiger partial charge on any atom is -0.493 e. The topological polar surface area (TPSA) is 97.6 Å². The molecule has 0 aliphatic rings. The maximum atomic E-state index is 12.3. The van der Waals surface area contributed by atoms with Gasteiger partial charge in [-0.1, -0.05) is 18.2 Å². The molecule has 0 aliphatic heterocycles. The average molecular weight is 416 g/mol. The lowest BCUT2D eigenvalue weighted by Gasteiger charge is -2.10.